The van der Waals surface area contributed by atoms with Crippen LogP contribution in [0.3, 0.4) is 0 Å². The molecule has 0 unspecified atom stereocenters. The lowest BCUT2D eigenvalue weighted by Gasteiger charge is -2.34. The molecule has 1 aliphatic rings. The Morgan fingerprint density at radius 3 is 2.09 bits per heavy atom. The zero-order valence-electron chi connectivity index (χ0n) is 18.2. The van der Waals surface area contributed by atoms with Crippen LogP contribution in [-0.2, 0) is 16.6 Å². The molecule has 1 saturated heterocycles. The van der Waals surface area contributed by atoms with E-state index in [0.29, 0.717) is 17.9 Å². The lowest BCUT2D eigenvalue weighted by atomic mass is 10.1. The van der Waals surface area contributed by atoms with E-state index in [-0.39, 0.29) is 42.7 Å². The summed E-state index contributed by atoms with van der Waals surface area (Å²) < 4.78 is 32.8. The highest BCUT2D eigenvalue weighted by Gasteiger charge is 2.30. The van der Waals surface area contributed by atoms with Crippen molar-refractivity contribution < 1.29 is 22.9 Å². The van der Waals surface area contributed by atoms with Gasteiger partial charge in [-0.05, 0) is 42.0 Å². The number of benzene rings is 3. The molecule has 34 heavy (non-hydrogen) atoms. The Bertz CT molecular complexity index is 1250. The van der Waals surface area contributed by atoms with Gasteiger partial charge in [-0.15, -0.1) is 0 Å². The van der Waals surface area contributed by atoms with Crippen LogP contribution in [0.15, 0.2) is 83.8 Å². The van der Waals surface area contributed by atoms with E-state index in [1.807, 2.05) is 30.3 Å². The predicted molar refractivity (Wildman–Crippen MR) is 125 cm³/mol. The average molecular weight is 482 g/mol. The molecule has 4 rings (SSSR count). The summed E-state index contributed by atoms with van der Waals surface area (Å²) in [6, 6.07) is 21.4. The van der Waals surface area contributed by atoms with Crippen LogP contribution in [0.4, 0.5) is 5.69 Å². The van der Waals surface area contributed by atoms with Crippen LogP contribution in [0.1, 0.15) is 15.9 Å². The predicted octanol–water partition coefficient (Wildman–Crippen LogP) is 3.32. The molecule has 3 aromatic rings. The molecule has 1 amide bonds. The van der Waals surface area contributed by atoms with Crippen LogP contribution in [0.5, 0.6) is 5.75 Å². The summed E-state index contributed by atoms with van der Waals surface area (Å²) in [5.41, 5.74) is 1.37. The van der Waals surface area contributed by atoms with Crippen LogP contribution in [0.2, 0.25) is 0 Å². The van der Waals surface area contributed by atoms with Gasteiger partial charge in [-0.3, -0.25) is 14.9 Å². The van der Waals surface area contributed by atoms with E-state index in [0.717, 1.165) is 5.56 Å². The molecule has 1 aliphatic heterocycles. The van der Waals surface area contributed by atoms with Crippen LogP contribution in [0.25, 0.3) is 0 Å². The molecule has 0 aliphatic carbocycles. The summed E-state index contributed by atoms with van der Waals surface area (Å²) in [5, 5.41) is 10.8. The number of piperazine rings is 1. The minimum absolute atomic E-state index is 0.0102. The van der Waals surface area contributed by atoms with Gasteiger partial charge in [0, 0.05) is 43.9 Å². The highest BCUT2D eigenvalue weighted by molar-refractivity contribution is 7.89. The maximum Gasteiger partial charge on any atom is 0.269 e. The number of hydrogen-bond acceptors (Lipinski definition) is 6. The zero-order chi connectivity index (χ0) is 24.1. The molecule has 0 bridgehead atoms. The van der Waals surface area contributed by atoms with Crippen molar-refractivity contribution in [1.29, 1.82) is 0 Å². The first kappa shape index (κ1) is 23.4. The Labute approximate surface area is 197 Å². The standard InChI is InChI=1S/C24H23N3O6S/c28-24(20-6-10-22(11-7-20)33-18-19-4-2-1-3-5-19)25-14-16-26(17-15-25)34(31,32)23-12-8-21(9-13-23)27(29)30/h1-13H,14-18H2. The fourth-order valence-electron chi connectivity index (χ4n) is 3.64. The first-order valence-electron chi connectivity index (χ1n) is 10.7. The van der Waals surface area contributed by atoms with Gasteiger partial charge in [-0.2, -0.15) is 4.31 Å². The number of ether oxygens (including phenoxy) is 1. The number of hydrogen-bond donors (Lipinski definition) is 0. The van der Waals surface area contributed by atoms with Crippen molar-refractivity contribution in [2.75, 3.05) is 26.2 Å². The summed E-state index contributed by atoms with van der Waals surface area (Å²) in [6.45, 7) is 1.21. The molecule has 0 atom stereocenters. The van der Waals surface area contributed by atoms with E-state index < -0.39 is 14.9 Å². The number of nitro benzene ring substituents is 1. The normalized spacial score (nSPS) is 14.5. The molecule has 176 valence electrons. The molecule has 10 heteroatoms. The highest BCUT2D eigenvalue weighted by atomic mass is 32.2. The van der Waals surface area contributed by atoms with E-state index in [1.54, 1.807) is 29.2 Å². The van der Waals surface area contributed by atoms with E-state index in [4.69, 9.17) is 4.74 Å². The molecule has 0 radical (unpaired) electrons. The lowest BCUT2D eigenvalue weighted by Crippen LogP contribution is -2.50. The zero-order valence-corrected chi connectivity index (χ0v) is 19.1. The van der Waals surface area contributed by atoms with Gasteiger partial charge in [0.25, 0.3) is 11.6 Å². The third-order valence-electron chi connectivity index (χ3n) is 5.56. The van der Waals surface area contributed by atoms with Crippen molar-refractivity contribution >= 4 is 21.6 Å². The van der Waals surface area contributed by atoms with Gasteiger partial charge >= 0.3 is 0 Å². The molecule has 0 saturated carbocycles. The molecule has 0 aromatic heterocycles. The number of rotatable bonds is 7. The van der Waals surface area contributed by atoms with E-state index in [1.165, 1.54) is 28.6 Å². The molecular formula is C24H23N3O6S. The maximum atomic E-state index is 12.9. The maximum absolute atomic E-state index is 12.9. The quantitative estimate of drug-likeness (QED) is 0.378. The Kier molecular flexibility index (Phi) is 6.90. The highest BCUT2D eigenvalue weighted by Crippen LogP contribution is 2.22. The van der Waals surface area contributed by atoms with E-state index in [9.17, 15) is 23.3 Å². The molecule has 0 spiro atoms. The first-order chi connectivity index (χ1) is 16.3. The Morgan fingerprint density at radius 1 is 0.882 bits per heavy atom. The summed E-state index contributed by atoms with van der Waals surface area (Å²) in [5.74, 6) is 0.474. The van der Waals surface area contributed by atoms with Crippen LogP contribution < -0.4 is 4.74 Å². The van der Waals surface area contributed by atoms with Crippen LogP contribution in [-0.4, -0.2) is 54.6 Å². The number of nitrogens with zero attached hydrogens (tertiary/aromatic N) is 3. The first-order valence-corrected chi connectivity index (χ1v) is 12.1. The van der Waals surface area contributed by atoms with Gasteiger partial charge in [0.05, 0.1) is 9.82 Å². The second kappa shape index (κ2) is 10.0. The van der Waals surface area contributed by atoms with Gasteiger partial charge in [0.1, 0.15) is 12.4 Å². The molecule has 0 N–H and O–H groups in total. The Hall–Kier alpha value is -3.76. The van der Waals surface area contributed by atoms with E-state index in [2.05, 4.69) is 0 Å². The third kappa shape index (κ3) is 5.24. The van der Waals surface area contributed by atoms with Gasteiger partial charge in [0.2, 0.25) is 10.0 Å². The van der Waals surface area contributed by atoms with Crippen molar-refractivity contribution in [2.45, 2.75) is 11.5 Å². The largest absolute Gasteiger partial charge is 0.489 e. The van der Waals surface area contributed by atoms with Crippen molar-refractivity contribution in [3.8, 4) is 5.75 Å². The van der Waals surface area contributed by atoms with Crippen molar-refractivity contribution in [3.63, 3.8) is 0 Å². The topological polar surface area (TPSA) is 110 Å². The number of sulfonamides is 1. The monoisotopic (exact) mass is 481 g/mol. The SMILES string of the molecule is O=C(c1ccc(OCc2ccccc2)cc1)N1CCN(S(=O)(=O)c2ccc([N+](=O)[O-])cc2)CC1. The average Bonchev–Trinajstić information content (AvgIpc) is 2.88. The number of non-ortho nitro benzene ring substituents is 1. The minimum Gasteiger partial charge on any atom is -0.489 e. The van der Waals surface area contributed by atoms with Gasteiger partial charge in [-0.25, -0.2) is 8.42 Å². The fourth-order valence-corrected chi connectivity index (χ4v) is 5.06. The second-order valence-electron chi connectivity index (χ2n) is 7.75. The molecule has 1 heterocycles. The smallest absolute Gasteiger partial charge is 0.269 e. The minimum atomic E-state index is -3.80. The van der Waals surface area contributed by atoms with Crippen LogP contribution in [0, 0.1) is 10.1 Å². The van der Waals surface area contributed by atoms with Gasteiger partial charge in [-0.1, -0.05) is 30.3 Å². The fraction of sp³-hybridized carbons (Fsp3) is 0.208. The summed E-state index contributed by atoms with van der Waals surface area (Å²) in [7, 11) is -3.80. The summed E-state index contributed by atoms with van der Waals surface area (Å²) >= 11 is 0. The Morgan fingerprint density at radius 2 is 1.50 bits per heavy atom. The number of carbonyl (C=O) groups excluding carboxylic acids is 1. The Balaban J connectivity index is 1.33. The van der Waals surface area contributed by atoms with Crippen molar-refractivity contribution in [2.24, 2.45) is 0 Å². The number of amides is 1. The number of nitro groups is 1. The molecule has 9 nitrogen and oxygen atoms in total. The van der Waals surface area contributed by atoms with Crippen molar-refractivity contribution in [3.05, 3.63) is 100 Å². The molecular weight excluding hydrogens is 458 g/mol. The van der Waals surface area contributed by atoms with Crippen molar-refractivity contribution in [1.82, 2.24) is 9.21 Å². The van der Waals surface area contributed by atoms with E-state index >= 15 is 0 Å². The summed E-state index contributed by atoms with van der Waals surface area (Å²) in [6.07, 6.45) is 0. The second-order valence-corrected chi connectivity index (χ2v) is 9.68. The van der Waals surface area contributed by atoms with Gasteiger partial charge < -0.3 is 9.64 Å². The molecule has 1 fully saturated rings. The summed E-state index contributed by atoms with van der Waals surface area (Å²) in [4.78, 5) is 24.7. The lowest BCUT2D eigenvalue weighted by molar-refractivity contribution is -0.384. The van der Waals surface area contributed by atoms with Gasteiger partial charge in [0.15, 0.2) is 0 Å². The molecule has 3 aromatic carbocycles. The number of carbonyl (C=O) groups is 1. The van der Waals surface area contributed by atoms with Crippen LogP contribution >= 0.6 is 0 Å². The third-order valence-corrected chi connectivity index (χ3v) is 7.47.